The van der Waals surface area contributed by atoms with Crippen molar-refractivity contribution in [3.8, 4) is 5.75 Å². The van der Waals surface area contributed by atoms with Crippen molar-refractivity contribution in [2.24, 2.45) is 0 Å². The highest BCUT2D eigenvalue weighted by molar-refractivity contribution is 6.11. The van der Waals surface area contributed by atoms with E-state index < -0.39 is 17.8 Å². The molecule has 0 heterocycles. The fourth-order valence-corrected chi connectivity index (χ4v) is 1.57. The maximum Gasteiger partial charge on any atom is 0.328 e. The van der Waals surface area contributed by atoms with Crippen molar-refractivity contribution in [1.82, 2.24) is 5.32 Å². The zero-order chi connectivity index (χ0) is 13.0. The van der Waals surface area contributed by atoms with Crippen LogP contribution >= 0.6 is 0 Å². The number of rotatable bonds is 5. The Balaban J connectivity index is 3.04. The zero-order valence-corrected chi connectivity index (χ0v) is 9.98. The van der Waals surface area contributed by atoms with Crippen LogP contribution in [0.2, 0.25) is 0 Å². The minimum atomic E-state index is -1.22. The molecule has 1 aromatic carbocycles. The summed E-state index contributed by atoms with van der Waals surface area (Å²) in [7, 11) is 2.98. The van der Waals surface area contributed by atoms with Crippen LogP contribution in [0.1, 0.15) is 15.9 Å². The van der Waals surface area contributed by atoms with Gasteiger partial charge < -0.3 is 15.2 Å². The molecule has 1 unspecified atom stereocenters. The van der Waals surface area contributed by atoms with Crippen molar-refractivity contribution >= 4 is 11.8 Å². The molecule has 5 nitrogen and oxygen atoms in total. The molecule has 1 atom stereocenters. The van der Waals surface area contributed by atoms with Crippen molar-refractivity contribution in [3.63, 3.8) is 0 Å². The highest BCUT2D eigenvalue weighted by Gasteiger charge is 2.25. The Kier molecular flexibility index (Phi) is 4.23. The average Bonchev–Trinajstić information content (AvgIpc) is 2.29. The number of hydrogen-bond donors (Lipinski definition) is 2. The first-order chi connectivity index (χ1) is 8.01. The first-order valence-electron chi connectivity index (χ1n) is 5.10. The number of carbonyl (C=O) groups excluding carboxylic acids is 1. The second-order valence-electron chi connectivity index (χ2n) is 3.61. The minimum Gasteiger partial charge on any atom is -0.496 e. The van der Waals surface area contributed by atoms with Gasteiger partial charge in [0.25, 0.3) is 0 Å². The molecule has 1 aromatic rings. The molecule has 0 amide bonds. The number of benzene rings is 1. The number of methoxy groups -OCH3 is 1. The monoisotopic (exact) mass is 237 g/mol. The van der Waals surface area contributed by atoms with Gasteiger partial charge in [-0.3, -0.25) is 9.59 Å². The van der Waals surface area contributed by atoms with E-state index in [9.17, 15) is 9.59 Å². The third kappa shape index (κ3) is 2.82. The van der Waals surface area contributed by atoms with Crippen LogP contribution < -0.4 is 10.1 Å². The topological polar surface area (TPSA) is 75.6 Å². The van der Waals surface area contributed by atoms with E-state index in [4.69, 9.17) is 9.84 Å². The molecule has 0 aliphatic carbocycles. The van der Waals surface area contributed by atoms with Crippen LogP contribution in [-0.4, -0.2) is 37.1 Å². The number of likely N-dealkylation sites (N-methyl/N-ethyl adjacent to an activating group) is 1. The number of carboxylic acids is 1. The number of aliphatic carboxylic acids is 1. The predicted octanol–water partition coefficient (Wildman–Crippen LogP) is 0.859. The van der Waals surface area contributed by atoms with Crippen LogP contribution in [0.15, 0.2) is 18.2 Å². The molecule has 0 bridgehead atoms. The molecule has 0 saturated carbocycles. The third-order valence-corrected chi connectivity index (χ3v) is 2.48. The SMILES string of the molecule is CNC(C(=O)O)C(=O)c1ccc(OC)c(C)c1. The van der Waals surface area contributed by atoms with Gasteiger partial charge in [0.1, 0.15) is 5.75 Å². The number of aryl methyl sites for hydroxylation is 1. The fraction of sp³-hybridized carbons (Fsp3) is 0.333. The highest BCUT2D eigenvalue weighted by atomic mass is 16.5. The van der Waals surface area contributed by atoms with Gasteiger partial charge in [-0.2, -0.15) is 0 Å². The lowest BCUT2D eigenvalue weighted by Gasteiger charge is -2.11. The summed E-state index contributed by atoms with van der Waals surface area (Å²) in [6, 6.07) is 3.61. The van der Waals surface area contributed by atoms with Crippen molar-refractivity contribution in [2.45, 2.75) is 13.0 Å². The maximum atomic E-state index is 11.9. The second kappa shape index (κ2) is 5.45. The van der Waals surface area contributed by atoms with Crippen LogP contribution in [0.3, 0.4) is 0 Å². The van der Waals surface area contributed by atoms with Crippen LogP contribution in [-0.2, 0) is 4.79 Å². The number of carbonyl (C=O) groups is 2. The van der Waals surface area contributed by atoms with Gasteiger partial charge in [0, 0.05) is 5.56 Å². The first kappa shape index (κ1) is 13.2. The molecule has 0 radical (unpaired) electrons. The molecule has 0 aromatic heterocycles. The van der Waals surface area contributed by atoms with Gasteiger partial charge in [0.2, 0.25) is 0 Å². The standard InChI is InChI=1S/C12H15NO4/c1-7-6-8(4-5-9(7)17-3)11(14)10(13-2)12(15)16/h4-6,10,13H,1-3H3,(H,15,16). The smallest absolute Gasteiger partial charge is 0.328 e. The van der Waals surface area contributed by atoms with E-state index in [1.807, 2.05) is 0 Å². The summed E-state index contributed by atoms with van der Waals surface area (Å²) in [5, 5.41) is 11.3. The molecule has 5 heteroatoms. The second-order valence-corrected chi connectivity index (χ2v) is 3.61. The molecule has 1 rings (SSSR count). The van der Waals surface area contributed by atoms with Gasteiger partial charge in [-0.05, 0) is 37.7 Å². The predicted molar refractivity (Wildman–Crippen MR) is 62.5 cm³/mol. The van der Waals surface area contributed by atoms with Crippen molar-refractivity contribution in [3.05, 3.63) is 29.3 Å². The Bertz CT molecular complexity index is 442. The largest absolute Gasteiger partial charge is 0.496 e. The normalized spacial score (nSPS) is 11.9. The van der Waals surface area contributed by atoms with Crippen LogP contribution in [0.5, 0.6) is 5.75 Å². The van der Waals surface area contributed by atoms with Gasteiger partial charge in [0.15, 0.2) is 11.8 Å². The number of Topliss-reactive ketones (excluding diaryl/α,β-unsaturated/α-hetero) is 1. The summed E-state index contributed by atoms with van der Waals surface area (Å²) in [5.41, 5.74) is 1.14. The molecule has 0 spiro atoms. The highest BCUT2D eigenvalue weighted by Crippen LogP contribution is 2.19. The minimum absolute atomic E-state index is 0.352. The maximum absolute atomic E-state index is 11.9. The molecule has 0 aliphatic rings. The van der Waals surface area contributed by atoms with Gasteiger partial charge >= 0.3 is 5.97 Å². The average molecular weight is 237 g/mol. The van der Waals surface area contributed by atoms with E-state index in [1.54, 1.807) is 25.1 Å². The molecule has 0 saturated heterocycles. The number of carboxylic acid groups (broad SMARTS) is 1. The summed E-state index contributed by atoms with van der Waals surface area (Å²) >= 11 is 0. The third-order valence-electron chi connectivity index (χ3n) is 2.48. The van der Waals surface area contributed by atoms with E-state index in [1.165, 1.54) is 14.2 Å². The van der Waals surface area contributed by atoms with Gasteiger partial charge in [-0.25, -0.2) is 0 Å². The van der Waals surface area contributed by atoms with Crippen molar-refractivity contribution in [2.75, 3.05) is 14.2 Å². The van der Waals surface area contributed by atoms with E-state index >= 15 is 0 Å². The van der Waals surface area contributed by atoms with Crippen LogP contribution in [0.25, 0.3) is 0 Å². The van der Waals surface area contributed by atoms with Crippen LogP contribution in [0, 0.1) is 6.92 Å². The molecule has 0 aliphatic heterocycles. The summed E-state index contributed by atoms with van der Waals surface area (Å²) < 4.78 is 5.07. The quantitative estimate of drug-likeness (QED) is 0.586. The lowest BCUT2D eigenvalue weighted by atomic mass is 10.0. The number of ketones is 1. The molecule has 2 N–H and O–H groups in total. The van der Waals surface area contributed by atoms with Gasteiger partial charge in [-0.1, -0.05) is 0 Å². The Morgan fingerprint density at radius 1 is 1.41 bits per heavy atom. The lowest BCUT2D eigenvalue weighted by molar-refractivity contribution is -0.137. The summed E-state index contributed by atoms with van der Waals surface area (Å²) in [4.78, 5) is 22.7. The van der Waals surface area contributed by atoms with E-state index in [0.29, 0.717) is 11.3 Å². The van der Waals surface area contributed by atoms with Gasteiger partial charge in [0.05, 0.1) is 7.11 Å². The lowest BCUT2D eigenvalue weighted by Crippen LogP contribution is -2.41. The first-order valence-corrected chi connectivity index (χ1v) is 5.10. The van der Waals surface area contributed by atoms with Crippen molar-refractivity contribution < 1.29 is 19.4 Å². The van der Waals surface area contributed by atoms with E-state index in [-0.39, 0.29) is 0 Å². The molecule has 17 heavy (non-hydrogen) atoms. The van der Waals surface area contributed by atoms with Crippen LogP contribution in [0.4, 0.5) is 0 Å². The number of nitrogens with one attached hydrogen (secondary N) is 1. The summed E-state index contributed by atoms with van der Waals surface area (Å²) in [6.07, 6.45) is 0. The Hall–Kier alpha value is -1.88. The fourth-order valence-electron chi connectivity index (χ4n) is 1.57. The van der Waals surface area contributed by atoms with Gasteiger partial charge in [-0.15, -0.1) is 0 Å². The summed E-state index contributed by atoms with van der Waals surface area (Å²) in [5.74, 6) is -0.991. The van der Waals surface area contributed by atoms with Crippen molar-refractivity contribution in [1.29, 1.82) is 0 Å². The summed E-state index contributed by atoms with van der Waals surface area (Å²) in [6.45, 7) is 1.80. The molecular weight excluding hydrogens is 222 g/mol. The van der Waals surface area contributed by atoms with E-state index in [0.717, 1.165) is 5.56 Å². The Labute approximate surface area is 99.4 Å². The van der Waals surface area contributed by atoms with E-state index in [2.05, 4.69) is 5.32 Å². The number of ether oxygens (including phenoxy) is 1. The molecular formula is C12H15NO4. The Morgan fingerprint density at radius 3 is 2.47 bits per heavy atom. The zero-order valence-electron chi connectivity index (χ0n) is 9.98. The number of hydrogen-bond acceptors (Lipinski definition) is 4. The molecule has 0 fully saturated rings. The molecule has 92 valence electrons. The Morgan fingerprint density at radius 2 is 2.06 bits per heavy atom.